The number of likely N-dealkylation sites (tertiary alicyclic amines) is 1. The Kier molecular flexibility index (Phi) is 5.88. The molecule has 1 saturated heterocycles. The van der Waals surface area contributed by atoms with Gasteiger partial charge in [-0.25, -0.2) is 9.78 Å². The number of aryl methyl sites for hydroxylation is 1. The van der Waals surface area contributed by atoms with E-state index in [0.29, 0.717) is 13.1 Å². The summed E-state index contributed by atoms with van der Waals surface area (Å²) in [7, 11) is 0. The van der Waals surface area contributed by atoms with Gasteiger partial charge in [0.1, 0.15) is 5.01 Å². The minimum absolute atomic E-state index is 0.0303. The van der Waals surface area contributed by atoms with E-state index in [9.17, 15) is 9.59 Å². The second-order valence-corrected chi connectivity index (χ2v) is 7.53. The summed E-state index contributed by atoms with van der Waals surface area (Å²) in [5.41, 5.74) is 1.74. The quantitative estimate of drug-likeness (QED) is 0.861. The van der Waals surface area contributed by atoms with Crippen LogP contribution in [0.2, 0.25) is 0 Å². The van der Waals surface area contributed by atoms with Crippen molar-refractivity contribution in [1.82, 2.24) is 15.2 Å². The molecule has 7 heteroatoms. The lowest BCUT2D eigenvalue weighted by Crippen LogP contribution is -2.48. The van der Waals surface area contributed by atoms with Gasteiger partial charge in [-0.3, -0.25) is 4.79 Å². The molecule has 0 radical (unpaired) electrons. The van der Waals surface area contributed by atoms with Gasteiger partial charge in [-0.2, -0.15) is 0 Å². The summed E-state index contributed by atoms with van der Waals surface area (Å²) in [6.45, 7) is 4.98. The number of carbonyl (C=O) groups is 2. The number of rotatable bonds is 4. The van der Waals surface area contributed by atoms with Gasteiger partial charge in [0.05, 0.1) is 12.0 Å². The molecular formula is C19H24N4O2S. The molecule has 0 saturated carbocycles. The van der Waals surface area contributed by atoms with Gasteiger partial charge in [-0.15, -0.1) is 11.3 Å². The topological polar surface area (TPSA) is 74.3 Å². The maximum Gasteiger partial charge on any atom is 0.317 e. The monoisotopic (exact) mass is 372 g/mol. The third-order valence-corrected chi connectivity index (χ3v) is 5.61. The normalized spacial score (nSPS) is 18.2. The van der Waals surface area contributed by atoms with Crippen LogP contribution in [0.5, 0.6) is 0 Å². The molecule has 3 amide bonds. The number of anilines is 1. The molecule has 2 aromatic rings. The van der Waals surface area contributed by atoms with E-state index >= 15 is 0 Å². The van der Waals surface area contributed by atoms with Crippen molar-refractivity contribution < 1.29 is 9.59 Å². The maximum absolute atomic E-state index is 12.6. The molecule has 2 unspecified atom stereocenters. The second-order valence-electron chi connectivity index (χ2n) is 6.64. The molecule has 2 atom stereocenters. The number of urea groups is 1. The molecule has 0 bridgehead atoms. The number of hydrogen-bond donors (Lipinski definition) is 2. The molecule has 26 heavy (non-hydrogen) atoms. The Balaban J connectivity index is 1.55. The van der Waals surface area contributed by atoms with Crippen molar-refractivity contribution in [3.8, 4) is 0 Å². The number of benzene rings is 1. The number of hydrogen-bond acceptors (Lipinski definition) is 4. The highest BCUT2D eigenvalue weighted by molar-refractivity contribution is 7.09. The van der Waals surface area contributed by atoms with Crippen molar-refractivity contribution in [3.63, 3.8) is 0 Å². The number of aromatic nitrogens is 1. The van der Waals surface area contributed by atoms with E-state index in [1.807, 2.05) is 49.6 Å². The van der Waals surface area contributed by atoms with Crippen molar-refractivity contribution in [3.05, 3.63) is 46.4 Å². The molecule has 1 aromatic carbocycles. The van der Waals surface area contributed by atoms with Crippen molar-refractivity contribution >= 4 is 29.0 Å². The first-order valence-electron chi connectivity index (χ1n) is 8.86. The van der Waals surface area contributed by atoms with Crippen LogP contribution in [-0.2, 0) is 4.79 Å². The van der Waals surface area contributed by atoms with E-state index in [1.54, 1.807) is 16.2 Å². The predicted molar refractivity (Wildman–Crippen MR) is 103 cm³/mol. The largest absolute Gasteiger partial charge is 0.329 e. The van der Waals surface area contributed by atoms with Gasteiger partial charge in [-0.1, -0.05) is 18.2 Å². The maximum atomic E-state index is 12.6. The molecule has 2 heterocycles. The number of amides is 3. The second kappa shape index (κ2) is 8.31. The zero-order valence-electron chi connectivity index (χ0n) is 15.1. The SMILES string of the molecule is Cc1csc(C(C)NC(=O)N2CCCC(C(=O)Nc3ccccc3)C2)n1. The average molecular weight is 372 g/mol. The number of carbonyl (C=O) groups excluding carboxylic acids is 2. The summed E-state index contributed by atoms with van der Waals surface area (Å²) >= 11 is 1.54. The molecule has 1 fully saturated rings. The van der Waals surface area contributed by atoms with Gasteiger partial charge in [0.15, 0.2) is 0 Å². The zero-order chi connectivity index (χ0) is 18.5. The first kappa shape index (κ1) is 18.4. The summed E-state index contributed by atoms with van der Waals surface area (Å²) in [5.74, 6) is -0.218. The standard InChI is InChI=1S/C19H24N4O2S/c1-13-12-26-18(20-13)14(2)21-19(25)23-10-6-7-15(11-23)17(24)22-16-8-4-3-5-9-16/h3-5,8-9,12,14-15H,6-7,10-11H2,1-2H3,(H,21,25)(H,22,24). The molecule has 1 aliphatic heterocycles. The fourth-order valence-electron chi connectivity index (χ4n) is 3.05. The van der Waals surface area contributed by atoms with Crippen LogP contribution in [0.1, 0.15) is 36.5 Å². The van der Waals surface area contributed by atoms with Crippen LogP contribution in [0.25, 0.3) is 0 Å². The van der Waals surface area contributed by atoms with E-state index in [-0.39, 0.29) is 23.9 Å². The van der Waals surface area contributed by atoms with Crippen LogP contribution in [0.3, 0.4) is 0 Å². The molecule has 1 aliphatic rings. The van der Waals surface area contributed by atoms with Crippen molar-refractivity contribution in [2.24, 2.45) is 5.92 Å². The zero-order valence-corrected chi connectivity index (χ0v) is 15.9. The number of nitrogens with one attached hydrogen (secondary N) is 2. The predicted octanol–water partition coefficient (Wildman–Crippen LogP) is 3.57. The van der Waals surface area contributed by atoms with Gasteiger partial charge in [0.2, 0.25) is 5.91 Å². The minimum Gasteiger partial charge on any atom is -0.329 e. The summed E-state index contributed by atoms with van der Waals surface area (Å²) in [6.07, 6.45) is 1.62. The van der Waals surface area contributed by atoms with Crippen molar-refractivity contribution in [1.29, 1.82) is 0 Å². The highest BCUT2D eigenvalue weighted by atomic mass is 32.1. The van der Waals surface area contributed by atoms with Gasteiger partial charge in [0, 0.05) is 29.9 Å². The minimum atomic E-state index is -0.188. The Labute approximate surface area is 157 Å². The van der Waals surface area contributed by atoms with Crippen LogP contribution in [0.4, 0.5) is 10.5 Å². The third kappa shape index (κ3) is 4.60. The summed E-state index contributed by atoms with van der Waals surface area (Å²) in [4.78, 5) is 31.2. The summed E-state index contributed by atoms with van der Waals surface area (Å²) < 4.78 is 0. The Morgan fingerprint density at radius 1 is 1.31 bits per heavy atom. The average Bonchev–Trinajstić information content (AvgIpc) is 3.09. The van der Waals surface area contributed by atoms with Gasteiger partial charge < -0.3 is 15.5 Å². The lowest BCUT2D eigenvalue weighted by Gasteiger charge is -2.32. The lowest BCUT2D eigenvalue weighted by atomic mass is 9.97. The smallest absolute Gasteiger partial charge is 0.317 e. The van der Waals surface area contributed by atoms with Crippen LogP contribution in [-0.4, -0.2) is 34.9 Å². The molecule has 138 valence electrons. The number of piperidine rings is 1. The van der Waals surface area contributed by atoms with Crippen LogP contribution < -0.4 is 10.6 Å². The Morgan fingerprint density at radius 3 is 2.77 bits per heavy atom. The van der Waals surface area contributed by atoms with Crippen molar-refractivity contribution in [2.45, 2.75) is 32.7 Å². The van der Waals surface area contributed by atoms with E-state index in [1.165, 1.54) is 0 Å². The van der Waals surface area contributed by atoms with Crippen LogP contribution >= 0.6 is 11.3 Å². The Hall–Kier alpha value is -2.41. The number of nitrogens with zero attached hydrogens (tertiary/aromatic N) is 2. The van der Waals surface area contributed by atoms with E-state index in [4.69, 9.17) is 0 Å². The Morgan fingerprint density at radius 2 is 2.08 bits per heavy atom. The van der Waals surface area contributed by atoms with E-state index in [2.05, 4.69) is 15.6 Å². The van der Waals surface area contributed by atoms with Gasteiger partial charge >= 0.3 is 6.03 Å². The molecular weight excluding hydrogens is 348 g/mol. The molecule has 3 rings (SSSR count). The molecule has 2 N–H and O–H groups in total. The highest BCUT2D eigenvalue weighted by Gasteiger charge is 2.29. The number of thiazole rings is 1. The third-order valence-electron chi connectivity index (χ3n) is 4.47. The van der Waals surface area contributed by atoms with E-state index < -0.39 is 0 Å². The lowest BCUT2D eigenvalue weighted by molar-refractivity contribution is -0.121. The molecule has 0 spiro atoms. The fraction of sp³-hybridized carbons (Fsp3) is 0.421. The summed E-state index contributed by atoms with van der Waals surface area (Å²) in [5, 5.41) is 8.80. The van der Waals surface area contributed by atoms with Gasteiger partial charge in [-0.05, 0) is 38.8 Å². The molecule has 1 aromatic heterocycles. The van der Waals surface area contributed by atoms with Crippen LogP contribution in [0, 0.1) is 12.8 Å². The van der Waals surface area contributed by atoms with E-state index in [0.717, 1.165) is 29.2 Å². The fourth-order valence-corrected chi connectivity index (χ4v) is 3.85. The molecule has 0 aliphatic carbocycles. The van der Waals surface area contributed by atoms with Crippen molar-refractivity contribution in [2.75, 3.05) is 18.4 Å². The molecule has 6 nitrogen and oxygen atoms in total. The number of para-hydroxylation sites is 1. The van der Waals surface area contributed by atoms with Crippen LogP contribution in [0.15, 0.2) is 35.7 Å². The van der Waals surface area contributed by atoms with Gasteiger partial charge in [0.25, 0.3) is 0 Å². The Bertz CT molecular complexity index is 762. The first-order valence-corrected chi connectivity index (χ1v) is 9.74. The highest BCUT2D eigenvalue weighted by Crippen LogP contribution is 2.21. The first-order chi connectivity index (χ1) is 12.5. The summed E-state index contributed by atoms with van der Waals surface area (Å²) in [6, 6.07) is 9.14.